The first-order chi connectivity index (χ1) is 17.8. The van der Waals surface area contributed by atoms with Gasteiger partial charge in [-0.2, -0.15) is 0 Å². The van der Waals surface area contributed by atoms with E-state index in [1.54, 1.807) is 24.5 Å². The van der Waals surface area contributed by atoms with Gasteiger partial charge in [0, 0.05) is 5.56 Å². The average Bonchev–Trinajstić information content (AvgIpc) is 3.17. The minimum absolute atomic E-state index is 0.0102. The first-order valence-electron chi connectivity index (χ1n) is 12.1. The molecule has 1 aromatic heterocycles. The van der Waals surface area contributed by atoms with Gasteiger partial charge in [0.25, 0.3) is 5.56 Å². The Hall–Kier alpha value is -3.91. The molecule has 2 aromatic carbocycles. The molecular formula is C29H30N2O5S. The maximum Gasteiger partial charge on any atom is 0.338 e. The Balaban J connectivity index is 1.88. The summed E-state index contributed by atoms with van der Waals surface area (Å²) in [7, 11) is 0. The second kappa shape index (κ2) is 11.4. The van der Waals surface area contributed by atoms with Gasteiger partial charge in [0.05, 0.1) is 34.6 Å². The van der Waals surface area contributed by atoms with Crippen LogP contribution in [0.25, 0.3) is 6.08 Å². The number of hydrogen-bond donors (Lipinski definition) is 0. The molecule has 8 heteroatoms. The van der Waals surface area contributed by atoms with Crippen LogP contribution in [0.4, 0.5) is 0 Å². The smallest absolute Gasteiger partial charge is 0.338 e. The van der Waals surface area contributed by atoms with Crippen LogP contribution in [0.15, 0.2) is 82.2 Å². The number of para-hydroxylation sites is 1. The molecule has 2 heterocycles. The highest BCUT2D eigenvalue weighted by Gasteiger charge is 2.33. The zero-order valence-electron chi connectivity index (χ0n) is 21.4. The third kappa shape index (κ3) is 5.59. The molecule has 4 rings (SSSR count). The fraction of sp³-hybridized carbons (Fsp3) is 0.276. The molecule has 0 radical (unpaired) electrons. The van der Waals surface area contributed by atoms with E-state index in [2.05, 4.69) is 11.6 Å². The van der Waals surface area contributed by atoms with Crippen molar-refractivity contribution >= 4 is 23.4 Å². The summed E-state index contributed by atoms with van der Waals surface area (Å²) in [5.74, 6) is 0.861. The summed E-state index contributed by atoms with van der Waals surface area (Å²) < 4.78 is 19.0. The Morgan fingerprint density at radius 1 is 1.19 bits per heavy atom. The molecule has 0 N–H and O–H groups in total. The van der Waals surface area contributed by atoms with Gasteiger partial charge in [-0.05, 0) is 57.5 Å². The van der Waals surface area contributed by atoms with Gasteiger partial charge in [-0.1, -0.05) is 54.3 Å². The second-order valence-corrected chi connectivity index (χ2v) is 9.68. The molecule has 0 fully saturated rings. The van der Waals surface area contributed by atoms with Crippen LogP contribution in [0, 0.1) is 0 Å². The summed E-state index contributed by atoms with van der Waals surface area (Å²) in [6.45, 7) is 11.7. The van der Waals surface area contributed by atoms with E-state index in [0.29, 0.717) is 38.7 Å². The standard InChI is InChI=1S/C29H30N2O5S/c1-6-16-35-22-14-12-20(13-15-22)26-25(28(33)34-7-2)19(5)30-29-31(26)27(32)24(37-29)17-21-10-8-9-11-23(21)36-18(3)4/h6,8-15,17-18,26H,1,7,16H2,2-5H3/b24-17-. The van der Waals surface area contributed by atoms with E-state index in [1.807, 2.05) is 68.5 Å². The van der Waals surface area contributed by atoms with Crippen LogP contribution in [0.3, 0.4) is 0 Å². The Morgan fingerprint density at radius 3 is 2.59 bits per heavy atom. The van der Waals surface area contributed by atoms with Crippen molar-refractivity contribution in [2.45, 2.75) is 39.8 Å². The molecule has 1 aliphatic heterocycles. The van der Waals surface area contributed by atoms with Crippen molar-refractivity contribution in [3.63, 3.8) is 0 Å². The largest absolute Gasteiger partial charge is 0.490 e. The van der Waals surface area contributed by atoms with Crippen molar-refractivity contribution in [2.75, 3.05) is 13.2 Å². The zero-order chi connectivity index (χ0) is 26.5. The van der Waals surface area contributed by atoms with Crippen molar-refractivity contribution in [1.29, 1.82) is 0 Å². The molecule has 3 aromatic rings. The highest BCUT2D eigenvalue weighted by Crippen LogP contribution is 2.31. The number of allylic oxidation sites excluding steroid dienone is 1. The quantitative estimate of drug-likeness (QED) is 0.314. The van der Waals surface area contributed by atoms with Crippen molar-refractivity contribution in [3.8, 4) is 11.5 Å². The molecule has 0 saturated carbocycles. The number of carbonyl (C=O) groups is 1. The van der Waals surface area contributed by atoms with Crippen molar-refractivity contribution in [1.82, 2.24) is 4.57 Å². The lowest BCUT2D eigenvalue weighted by Crippen LogP contribution is -2.39. The highest BCUT2D eigenvalue weighted by atomic mass is 32.1. The number of ether oxygens (including phenoxy) is 3. The first kappa shape index (κ1) is 26.2. The molecule has 0 amide bonds. The van der Waals surface area contributed by atoms with Crippen LogP contribution in [-0.2, 0) is 9.53 Å². The monoisotopic (exact) mass is 518 g/mol. The number of benzene rings is 2. The van der Waals surface area contributed by atoms with Gasteiger partial charge in [0.15, 0.2) is 4.80 Å². The molecule has 0 spiro atoms. The van der Waals surface area contributed by atoms with Gasteiger partial charge in [0.2, 0.25) is 0 Å². The number of carbonyl (C=O) groups excluding carboxylic acids is 1. The lowest BCUT2D eigenvalue weighted by molar-refractivity contribution is -0.139. The van der Waals surface area contributed by atoms with E-state index >= 15 is 0 Å². The summed E-state index contributed by atoms with van der Waals surface area (Å²) in [5, 5.41) is 0. The number of aromatic nitrogens is 1. The maximum atomic E-state index is 13.8. The topological polar surface area (TPSA) is 79.1 Å². The van der Waals surface area contributed by atoms with Crippen LogP contribution in [-0.4, -0.2) is 29.9 Å². The van der Waals surface area contributed by atoms with E-state index in [4.69, 9.17) is 14.2 Å². The van der Waals surface area contributed by atoms with E-state index in [9.17, 15) is 9.59 Å². The summed E-state index contributed by atoms with van der Waals surface area (Å²) >= 11 is 1.28. The first-order valence-corrected chi connectivity index (χ1v) is 12.9. The van der Waals surface area contributed by atoms with Crippen LogP contribution in [0.2, 0.25) is 0 Å². The lowest BCUT2D eigenvalue weighted by atomic mass is 9.96. The van der Waals surface area contributed by atoms with Crippen LogP contribution in [0.1, 0.15) is 44.9 Å². The molecule has 0 aliphatic carbocycles. The fourth-order valence-corrected chi connectivity index (χ4v) is 5.15. The molecule has 1 atom stereocenters. The summed E-state index contributed by atoms with van der Waals surface area (Å²) in [5.41, 5.74) is 2.16. The molecule has 192 valence electrons. The van der Waals surface area contributed by atoms with E-state index in [-0.39, 0.29) is 18.3 Å². The highest BCUT2D eigenvalue weighted by molar-refractivity contribution is 7.07. The minimum atomic E-state index is -0.687. The van der Waals surface area contributed by atoms with Crippen LogP contribution >= 0.6 is 11.3 Å². The summed E-state index contributed by atoms with van der Waals surface area (Å²) in [4.78, 5) is 32.0. The van der Waals surface area contributed by atoms with E-state index in [1.165, 1.54) is 11.3 Å². The Kier molecular flexibility index (Phi) is 8.08. The molecule has 1 unspecified atom stereocenters. The summed E-state index contributed by atoms with van der Waals surface area (Å²) in [6.07, 6.45) is 3.47. The number of thiazole rings is 1. The molecule has 37 heavy (non-hydrogen) atoms. The molecule has 0 saturated heterocycles. The number of rotatable bonds is 9. The van der Waals surface area contributed by atoms with Gasteiger partial charge in [0.1, 0.15) is 18.1 Å². The van der Waals surface area contributed by atoms with Crippen molar-refractivity contribution in [3.05, 3.63) is 103 Å². The molecule has 1 aliphatic rings. The predicted octanol–water partition coefficient (Wildman–Crippen LogP) is 4.15. The molecular weight excluding hydrogens is 488 g/mol. The van der Waals surface area contributed by atoms with Gasteiger partial charge in [-0.3, -0.25) is 9.36 Å². The van der Waals surface area contributed by atoms with Gasteiger partial charge < -0.3 is 14.2 Å². The van der Waals surface area contributed by atoms with E-state index in [0.717, 1.165) is 11.1 Å². The number of hydrogen-bond acceptors (Lipinski definition) is 7. The third-order valence-corrected chi connectivity index (χ3v) is 6.63. The van der Waals surface area contributed by atoms with Crippen LogP contribution in [0.5, 0.6) is 11.5 Å². The van der Waals surface area contributed by atoms with Crippen LogP contribution < -0.4 is 24.4 Å². The van der Waals surface area contributed by atoms with E-state index < -0.39 is 12.0 Å². The van der Waals surface area contributed by atoms with Gasteiger partial charge >= 0.3 is 5.97 Å². The fourth-order valence-electron chi connectivity index (χ4n) is 4.11. The number of nitrogens with zero attached hydrogens (tertiary/aromatic N) is 2. The molecule has 0 bridgehead atoms. The normalized spacial score (nSPS) is 15.3. The van der Waals surface area contributed by atoms with Crippen molar-refractivity contribution < 1.29 is 19.0 Å². The number of fused-ring (bicyclic) bond motifs is 1. The van der Waals surface area contributed by atoms with Crippen molar-refractivity contribution in [2.24, 2.45) is 4.99 Å². The summed E-state index contributed by atoms with van der Waals surface area (Å²) in [6, 6.07) is 14.2. The average molecular weight is 519 g/mol. The SMILES string of the molecule is C=CCOc1ccc(C2C(C(=O)OCC)=C(C)N=c3s/c(=C\c4ccccc4OC(C)C)c(=O)n32)cc1. The molecule has 7 nitrogen and oxygen atoms in total. The zero-order valence-corrected chi connectivity index (χ0v) is 22.2. The minimum Gasteiger partial charge on any atom is -0.490 e. The Bertz CT molecular complexity index is 1510. The van der Waals surface area contributed by atoms with Gasteiger partial charge in [-0.25, -0.2) is 9.79 Å². The maximum absolute atomic E-state index is 13.8. The Morgan fingerprint density at radius 2 is 1.92 bits per heavy atom. The second-order valence-electron chi connectivity index (χ2n) is 8.68. The third-order valence-electron chi connectivity index (χ3n) is 5.65. The number of esters is 1. The predicted molar refractivity (Wildman–Crippen MR) is 145 cm³/mol. The lowest BCUT2D eigenvalue weighted by Gasteiger charge is -2.24. The van der Waals surface area contributed by atoms with Gasteiger partial charge in [-0.15, -0.1) is 0 Å². The Labute approximate surface area is 219 Å².